The van der Waals surface area contributed by atoms with Crippen LogP contribution < -0.4 is 0 Å². The van der Waals surface area contributed by atoms with Crippen molar-refractivity contribution in [1.82, 2.24) is 14.5 Å². The first kappa shape index (κ1) is 40.9. The SMILES string of the molecule is [2H]c1c([2H])c([2H])c(-c2ccnc(-c3[c-]c(-c4cccc5c4nc(-c4cc(C(C)C)cc(C(C)C)c4O)n5-c4cc(C(C)(C)C)ccc4-c4ccc(C(C)(C)C)cc4)cc(C(C)(C)C)c3)c2)c([2H])c1[2H].[Pt]. The van der Waals surface area contributed by atoms with E-state index in [1.165, 1.54) is 5.56 Å². The van der Waals surface area contributed by atoms with Gasteiger partial charge in [0.15, 0.2) is 0 Å². The van der Waals surface area contributed by atoms with Gasteiger partial charge in [-0.15, -0.1) is 29.3 Å². The van der Waals surface area contributed by atoms with Crippen molar-refractivity contribution in [3.8, 4) is 67.5 Å². The van der Waals surface area contributed by atoms with Crippen molar-refractivity contribution < 1.29 is 33.0 Å². The summed E-state index contributed by atoms with van der Waals surface area (Å²) in [5.41, 5.74) is 13.7. The number of hydrogen-bond donors (Lipinski definition) is 1. The summed E-state index contributed by atoms with van der Waals surface area (Å²) in [5, 5.41) is 12.4. The number of nitrogens with zero attached hydrogens (tertiary/aromatic N) is 3. The van der Waals surface area contributed by atoms with Crippen LogP contribution in [0.5, 0.6) is 5.75 Å². The Kier molecular flexibility index (Phi) is 11.3. The summed E-state index contributed by atoms with van der Waals surface area (Å²) in [7, 11) is 0. The zero-order valence-corrected chi connectivity index (χ0v) is 42.3. The average Bonchev–Trinajstić information content (AvgIpc) is 3.68. The van der Waals surface area contributed by atoms with Gasteiger partial charge in [0, 0.05) is 38.5 Å². The molecule has 0 fully saturated rings. The Labute approximate surface area is 409 Å². The third-order valence-electron chi connectivity index (χ3n) is 12.4. The van der Waals surface area contributed by atoms with E-state index < -0.39 is 6.04 Å². The summed E-state index contributed by atoms with van der Waals surface area (Å²) >= 11 is 0. The van der Waals surface area contributed by atoms with Crippen LogP contribution in [-0.2, 0) is 37.3 Å². The summed E-state index contributed by atoms with van der Waals surface area (Å²) in [6.45, 7) is 28.4. The fourth-order valence-electron chi connectivity index (χ4n) is 8.36. The molecule has 8 aromatic rings. The van der Waals surface area contributed by atoms with Gasteiger partial charge in [-0.25, -0.2) is 4.98 Å². The van der Waals surface area contributed by atoms with Crippen molar-refractivity contribution in [3.05, 3.63) is 167 Å². The molecule has 0 spiro atoms. The summed E-state index contributed by atoms with van der Waals surface area (Å²) < 4.78 is 44.6. The van der Waals surface area contributed by atoms with E-state index in [0.29, 0.717) is 28.2 Å². The maximum atomic E-state index is 12.4. The molecule has 5 heteroatoms. The Bertz CT molecular complexity index is 3270. The Balaban J connectivity index is 0.00000722. The van der Waals surface area contributed by atoms with E-state index in [1.807, 2.05) is 0 Å². The van der Waals surface area contributed by atoms with Crippen molar-refractivity contribution in [3.63, 3.8) is 0 Å². The number of fused-ring (bicyclic) bond motifs is 1. The van der Waals surface area contributed by atoms with Crippen molar-refractivity contribution in [2.75, 3.05) is 0 Å². The zero-order chi connectivity index (χ0) is 50.2. The maximum Gasteiger partial charge on any atom is 0.148 e. The first-order valence-electron chi connectivity index (χ1n) is 25.0. The minimum atomic E-state index is -0.435. The van der Waals surface area contributed by atoms with Crippen LogP contribution in [0.25, 0.3) is 72.7 Å². The first-order valence-corrected chi connectivity index (χ1v) is 22.5. The zero-order valence-electron chi connectivity index (χ0n) is 45.1. The Morgan fingerprint density at radius 1 is 0.600 bits per heavy atom. The van der Waals surface area contributed by atoms with Gasteiger partial charge in [0.05, 0.1) is 29.1 Å². The second-order valence-corrected chi connectivity index (χ2v) is 20.9. The number of aromatic nitrogens is 3. The van der Waals surface area contributed by atoms with Crippen LogP contribution in [0.3, 0.4) is 0 Å². The standard InChI is InChI=1S/C60H64N3O.Pt/c1-37(2)42-33-50(38(3)4)56(64)51(34-42)57-62-55-49(43-30-44(32-47(31-43)60(11,12)13)52-35-41(28-29-61-52)39-18-15-14-16-19-39)20-17-21-53(55)63(57)54-36-46(59(8,9)10)26-27-48(54)40-22-24-45(25-23-40)58(5,6)7;/h14-29,31-38,64H,1-13H3;/q-1;/i14D,15D,16D,18D,19D;. The number of phenols is 1. The molecule has 0 bridgehead atoms. The summed E-state index contributed by atoms with van der Waals surface area (Å²) in [6.07, 6.45) is 1.61. The first-order chi connectivity index (χ1) is 32.3. The van der Waals surface area contributed by atoms with Crippen molar-refractivity contribution in [2.45, 2.75) is 118 Å². The van der Waals surface area contributed by atoms with E-state index >= 15 is 0 Å². The van der Waals surface area contributed by atoms with Crippen molar-refractivity contribution >= 4 is 11.0 Å². The van der Waals surface area contributed by atoms with Crippen LogP contribution in [0.4, 0.5) is 0 Å². The van der Waals surface area contributed by atoms with Crippen LogP contribution in [0.15, 0.2) is 133 Å². The largest absolute Gasteiger partial charge is 0.507 e. The molecule has 6 aromatic carbocycles. The predicted octanol–water partition coefficient (Wildman–Crippen LogP) is 16.4. The molecule has 0 saturated heterocycles. The molecule has 1 N–H and O–H groups in total. The van der Waals surface area contributed by atoms with E-state index in [1.54, 1.807) is 18.3 Å². The normalized spacial score (nSPS) is 13.4. The molecule has 0 aliphatic carbocycles. The van der Waals surface area contributed by atoms with Gasteiger partial charge in [-0.05, 0) is 91.3 Å². The van der Waals surface area contributed by atoms with Crippen LogP contribution in [0.1, 0.15) is 137 Å². The van der Waals surface area contributed by atoms with E-state index in [9.17, 15) is 5.11 Å². The molecule has 0 amide bonds. The molecular formula is C60H64N3OPt-. The number of hydrogen-bond acceptors (Lipinski definition) is 3. The molecular weight excluding hydrogens is 974 g/mol. The summed E-state index contributed by atoms with van der Waals surface area (Å²) in [5.74, 6) is 1.08. The molecule has 0 unspecified atom stereocenters. The Hall–Kier alpha value is -5.57. The fraction of sp³-hybridized carbons (Fsp3) is 0.300. The maximum absolute atomic E-state index is 12.4. The second-order valence-electron chi connectivity index (χ2n) is 20.9. The monoisotopic (exact) mass is 1040 g/mol. The molecule has 65 heavy (non-hydrogen) atoms. The van der Waals surface area contributed by atoms with Gasteiger partial charge in [-0.2, -0.15) is 0 Å². The third-order valence-corrected chi connectivity index (χ3v) is 12.4. The molecule has 8 rings (SSSR count). The Morgan fingerprint density at radius 3 is 1.88 bits per heavy atom. The molecule has 0 radical (unpaired) electrons. The Morgan fingerprint density at radius 2 is 1.25 bits per heavy atom. The summed E-state index contributed by atoms with van der Waals surface area (Å²) in [6, 6.07) is 35.7. The fourth-order valence-corrected chi connectivity index (χ4v) is 8.36. The molecule has 0 aliphatic heterocycles. The molecule has 2 heterocycles. The van der Waals surface area contributed by atoms with Crippen LogP contribution in [0.2, 0.25) is 0 Å². The third kappa shape index (κ3) is 9.57. The van der Waals surface area contributed by atoms with Gasteiger partial charge < -0.3 is 5.11 Å². The van der Waals surface area contributed by atoms with Crippen LogP contribution >= 0.6 is 0 Å². The number of rotatable bonds is 8. The molecule has 0 aliphatic rings. The topological polar surface area (TPSA) is 50.9 Å². The minimum absolute atomic E-state index is 0. The number of para-hydroxylation sites is 1. The molecule has 0 atom stereocenters. The summed E-state index contributed by atoms with van der Waals surface area (Å²) in [4.78, 5) is 10.4. The number of phenolic OH excluding ortho intramolecular Hbond substituents is 1. The van der Waals surface area contributed by atoms with Gasteiger partial charge in [0.2, 0.25) is 0 Å². The number of benzene rings is 6. The van der Waals surface area contributed by atoms with Gasteiger partial charge >= 0.3 is 0 Å². The van der Waals surface area contributed by atoms with Crippen molar-refractivity contribution in [2.24, 2.45) is 0 Å². The van der Waals surface area contributed by atoms with Gasteiger partial charge in [-0.1, -0.05) is 192 Å². The van der Waals surface area contributed by atoms with E-state index in [0.717, 1.165) is 61.2 Å². The second kappa shape index (κ2) is 18.0. The van der Waals surface area contributed by atoms with E-state index in [2.05, 4.69) is 186 Å². The minimum Gasteiger partial charge on any atom is -0.507 e. The van der Waals surface area contributed by atoms with Crippen LogP contribution in [-0.4, -0.2) is 19.6 Å². The van der Waals surface area contributed by atoms with Gasteiger partial charge in [0.25, 0.3) is 0 Å². The van der Waals surface area contributed by atoms with E-state index in [4.69, 9.17) is 16.8 Å². The molecule has 0 saturated carbocycles. The molecule has 2 aromatic heterocycles. The molecule has 336 valence electrons. The smallest absolute Gasteiger partial charge is 0.148 e. The van der Waals surface area contributed by atoms with Gasteiger partial charge in [-0.3, -0.25) is 9.55 Å². The number of aromatic hydroxyl groups is 1. The number of pyridine rings is 1. The predicted molar refractivity (Wildman–Crippen MR) is 271 cm³/mol. The van der Waals surface area contributed by atoms with E-state index in [-0.39, 0.29) is 84.6 Å². The van der Waals surface area contributed by atoms with Crippen molar-refractivity contribution in [1.29, 1.82) is 0 Å². The molecule has 4 nitrogen and oxygen atoms in total. The average molecular weight is 1040 g/mol. The van der Waals surface area contributed by atoms with Crippen LogP contribution in [0, 0.1) is 6.07 Å². The number of imidazole rings is 1. The van der Waals surface area contributed by atoms with Gasteiger partial charge in [0.1, 0.15) is 11.6 Å². The quantitative estimate of drug-likeness (QED) is 0.154.